The quantitative estimate of drug-likeness (QED) is 0.359. The average molecular weight is 528 g/mol. The Labute approximate surface area is 223 Å². The zero-order valence-corrected chi connectivity index (χ0v) is 21.4. The molecule has 0 saturated carbocycles. The van der Waals surface area contributed by atoms with E-state index >= 15 is 0 Å². The maximum atomic E-state index is 13.5. The van der Waals surface area contributed by atoms with Crippen LogP contribution in [0.2, 0.25) is 0 Å². The lowest BCUT2D eigenvalue weighted by molar-refractivity contribution is 0.200. The van der Waals surface area contributed by atoms with E-state index in [1.165, 1.54) is 24.3 Å². The summed E-state index contributed by atoms with van der Waals surface area (Å²) in [5.41, 5.74) is 3.94. The van der Waals surface area contributed by atoms with Crippen LogP contribution >= 0.6 is 0 Å². The van der Waals surface area contributed by atoms with Crippen molar-refractivity contribution in [3.8, 4) is 0 Å². The highest BCUT2D eigenvalue weighted by atomic mass is 19.1. The van der Waals surface area contributed by atoms with Crippen molar-refractivity contribution in [3.63, 3.8) is 0 Å². The summed E-state index contributed by atoms with van der Waals surface area (Å²) in [6, 6.07) is 20.0. The van der Waals surface area contributed by atoms with Crippen molar-refractivity contribution < 1.29 is 8.78 Å². The lowest BCUT2D eigenvalue weighted by Crippen LogP contribution is -2.49. The van der Waals surface area contributed by atoms with Gasteiger partial charge in [-0.3, -0.25) is 9.69 Å². The van der Waals surface area contributed by atoms with E-state index in [9.17, 15) is 13.6 Å². The Hall–Kier alpha value is -4.44. The molecule has 0 spiro atoms. The number of aromatic nitrogens is 5. The summed E-state index contributed by atoms with van der Waals surface area (Å²) in [7, 11) is 0. The van der Waals surface area contributed by atoms with Gasteiger partial charge in [-0.15, -0.1) is 5.10 Å². The molecule has 0 bridgehead atoms. The fourth-order valence-electron chi connectivity index (χ4n) is 5.28. The zero-order chi connectivity index (χ0) is 26.9. The highest BCUT2D eigenvalue weighted by molar-refractivity contribution is 5.82. The van der Waals surface area contributed by atoms with Crippen molar-refractivity contribution in [2.24, 2.45) is 0 Å². The summed E-state index contributed by atoms with van der Waals surface area (Å²) in [5.74, 6) is -0.0474. The van der Waals surface area contributed by atoms with Crippen LogP contribution in [0.25, 0.3) is 10.9 Å². The van der Waals surface area contributed by atoms with Crippen LogP contribution in [0.5, 0.6) is 0 Å². The van der Waals surface area contributed by atoms with Gasteiger partial charge in [0.1, 0.15) is 17.7 Å². The minimum absolute atomic E-state index is 0.195. The number of para-hydroxylation sites is 1. The van der Waals surface area contributed by atoms with Gasteiger partial charge in [0.2, 0.25) is 0 Å². The second kappa shape index (κ2) is 10.4. The van der Waals surface area contributed by atoms with E-state index in [1.807, 2.05) is 31.2 Å². The van der Waals surface area contributed by atoms with Crippen LogP contribution in [0, 0.1) is 18.6 Å². The number of hydrogen-bond acceptors (Lipinski definition) is 6. The molecule has 3 aromatic carbocycles. The Morgan fingerprint density at radius 1 is 0.923 bits per heavy atom. The smallest absolute Gasteiger partial charge is 0.253 e. The molecule has 39 heavy (non-hydrogen) atoms. The first-order valence-corrected chi connectivity index (χ1v) is 12.8. The number of aryl methyl sites for hydroxylation is 1. The van der Waals surface area contributed by atoms with Gasteiger partial charge in [0.15, 0.2) is 5.82 Å². The number of hydrogen-bond donors (Lipinski definition) is 1. The number of nitrogens with one attached hydrogen (secondary N) is 1. The number of rotatable bonds is 6. The van der Waals surface area contributed by atoms with Crippen molar-refractivity contribution in [3.05, 3.63) is 117 Å². The van der Waals surface area contributed by atoms with E-state index in [0.29, 0.717) is 44.1 Å². The monoisotopic (exact) mass is 527 g/mol. The normalized spacial score (nSPS) is 15.1. The number of pyridine rings is 1. The number of halogens is 2. The van der Waals surface area contributed by atoms with Crippen LogP contribution in [0.15, 0.2) is 77.6 Å². The molecule has 2 aromatic heterocycles. The minimum atomic E-state index is -0.510. The van der Waals surface area contributed by atoms with Crippen LogP contribution in [-0.2, 0) is 6.54 Å². The van der Waals surface area contributed by atoms with Gasteiger partial charge < -0.3 is 9.88 Å². The van der Waals surface area contributed by atoms with Crippen LogP contribution < -0.4 is 10.5 Å². The topological polar surface area (TPSA) is 82.9 Å². The summed E-state index contributed by atoms with van der Waals surface area (Å²) < 4.78 is 28.6. The van der Waals surface area contributed by atoms with E-state index in [2.05, 4.69) is 30.3 Å². The van der Waals surface area contributed by atoms with E-state index in [0.717, 1.165) is 27.7 Å². The number of tetrazole rings is 1. The standard InChI is InChI=1S/C29H27F2N7O/c1-19-3-2-4-21-17-25(29(39)32-26(19)21)27(28-33-34-35-38(28)18-20-5-7-22(30)8-6-20)37-15-13-36(14-16-37)24-11-9-23(31)10-12-24/h2-12,17,27H,13-16,18H2,1H3,(H,32,39). The molecular formula is C29H27F2N7O. The fraction of sp³-hybridized carbons (Fsp3) is 0.241. The van der Waals surface area contributed by atoms with Crippen molar-refractivity contribution >= 4 is 16.6 Å². The van der Waals surface area contributed by atoms with Gasteiger partial charge in [-0.05, 0) is 76.3 Å². The fourth-order valence-corrected chi connectivity index (χ4v) is 5.28. The molecule has 1 fully saturated rings. The molecule has 6 rings (SSSR count). The minimum Gasteiger partial charge on any atom is -0.369 e. The number of aromatic amines is 1. The molecule has 0 amide bonds. The lowest BCUT2D eigenvalue weighted by atomic mass is 10.0. The summed E-state index contributed by atoms with van der Waals surface area (Å²) in [5, 5.41) is 13.5. The van der Waals surface area contributed by atoms with Crippen LogP contribution in [-0.4, -0.2) is 56.3 Å². The first kappa shape index (κ1) is 24.9. The van der Waals surface area contributed by atoms with Crippen LogP contribution in [0.3, 0.4) is 0 Å². The third-order valence-corrected chi connectivity index (χ3v) is 7.33. The summed E-state index contributed by atoms with van der Waals surface area (Å²) in [6.45, 7) is 4.94. The highest BCUT2D eigenvalue weighted by Crippen LogP contribution is 2.29. The molecule has 0 radical (unpaired) electrons. The van der Waals surface area contributed by atoms with E-state index < -0.39 is 6.04 Å². The second-order valence-electron chi connectivity index (χ2n) is 9.82. The van der Waals surface area contributed by atoms with Crippen molar-refractivity contribution in [1.29, 1.82) is 0 Å². The number of piperazine rings is 1. The first-order valence-electron chi connectivity index (χ1n) is 12.8. The molecule has 1 unspecified atom stereocenters. The Kier molecular flexibility index (Phi) is 6.62. The van der Waals surface area contributed by atoms with E-state index in [4.69, 9.17) is 0 Å². The molecule has 1 N–H and O–H groups in total. The molecule has 10 heteroatoms. The second-order valence-corrected chi connectivity index (χ2v) is 9.82. The molecule has 1 atom stereocenters. The number of benzene rings is 3. The molecule has 1 saturated heterocycles. The predicted octanol–water partition coefficient (Wildman–Crippen LogP) is 4.06. The Morgan fingerprint density at radius 2 is 1.62 bits per heavy atom. The lowest BCUT2D eigenvalue weighted by Gasteiger charge is -2.39. The van der Waals surface area contributed by atoms with E-state index in [-0.39, 0.29) is 17.2 Å². The van der Waals surface area contributed by atoms with Crippen molar-refractivity contribution in [1.82, 2.24) is 30.1 Å². The summed E-state index contributed by atoms with van der Waals surface area (Å²) in [6.07, 6.45) is 0. The zero-order valence-electron chi connectivity index (χ0n) is 21.4. The highest BCUT2D eigenvalue weighted by Gasteiger charge is 2.33. The van der Waals surface area contributed by atoms with Gasteiger partial charge >= 0.3 is 0 Å². The van der Waals surface area contributed by atoms with Gasteiger partial charge in [0, 0.05) is 37.4 Å². The largest absolute Gasteiger partial charge is 0.369 e. The predicted molar refractivity (Wildman–Crippen MR) is 145 cm³/mol. The van der Waals surface area contributed by atoms with Gasteiger partial charge in [0.05, 0.1) is 12.1 Å². The van der Waals surface area contributed by atoms with Crippen LogP contribution in [0.4, 0.5) is 14.5 Å². The molecule has 3 heterocycles. The Morgan fingerprint density at radius 3 is 2.33 bits per heavy atom. The maximum absolute atomic E-state index is 13.5. The first-order chi connectivity index (χ1) is 19.0. The molecule has 1 aliphatic rings. The number of nitrogens with zero attached hydrogens (tertiary/aromatic N) is 6. The Bertz CT molecular complexity index is 1660. The van der Waals surface area contributed by atoms with Gasteiger partial charge in [-0.1, -0.05) is 30.3 Å². The molecule has 5 aromatic rings. The SMILES string of the molecule is Cc1cccc2cc(C(c3nnnn3Cc3ccc(F)cc3)N3CCN(c4ccc(F)cc4)CC3)c(=O)[nH]c12. The van der Waals surface area contributed by atoms with Gasteiger partial charge in [0.25, 0.3) is 5.56 Å². The van der Waals surface area contributed by atoms with E-state index in [1.54, 1.807) is 28.9 Å². The summed E-state index contributed by atoms with van der Waals surface area (Å²) >= 11 is 0. The Balaban J connectivity index is 1.38. The number of anilines is 1. The summed E-state index contributed by atoms with van der Waals surface area (Å²) in [4.78, 5) is 21.0. The average Bonchev–Trinajstić information content (AvgIpc) is 3.39. The molecule has 1 aliphatic heterocycles. The maximum Gasteiger partial charge on any atom is 0.253 e. The third kappa shape index (κ3) is 5.03. The van der Waals surface area contributed by atoms with Crippen molar-refractivity contribution in [2.45, 2.75) is 19.5 Å². The van der Waals surface area contributed by atoms with Gasteiger partial charge in [-0.2, -0.15) is 0 Å². The molecule has 8 nitrogen and oxygen atoms in total. The van der Waals surface area contributed by atoms with Crippen LogP contribution in [0.1, 0.15) is 28.6 Å². The number of H-pyrrole nitrogens is 1. The number of fused-ring (bicyclic) bond motifs is 1. The van der Waals surface area contributed by atoms with Crippen molar-refractivity contribution in [2.75, 3.05) is 31.1 Å². The molecule has 198 valence electrons. The molecule has 0 aliphatic carbocycles. The molecular weight excluding hydrogens is 500 g/mol. The third-order valence-electron chi connectivity index (χ3n) is 7.33. The van der Waals surface area contributed by atoms with Gasteiger partial charge in [-0.25, -0.2) is 13.5 Å².